The lowest BCUT2D eigenvalue weighted by Gasteiger charge is -2.18. The van der Waals surface area contributed by atoms with Crippen molar-refractivity contribution < 1.29 is 4.79 Å². The van der Waals surface area contributed by atoms with E-state index in [1.807, 2.05) is 49.5 Å². The number of thioether (sulfide) groups is 2. The fourth-order valence-electron chi connectivity index (χ4n) is 3.44. The maximum Gasteiger partial charge on any atom is 0.253 e. The second-order valence-corrected chi connectivity index (χ2v) is 9.15. The van der Waals surface area contributed by atoms with Crippen LogP contribution in [-0.4, -0.2) is 22.4 Å². The lowest BCUT2D eigenvalue weighted by molar-refractivity contribution is -0.113. The first-order valence-corrected chi connectivity index (χ1v) is 11.0. The van der Waals surface area contributed by atoms with Gasteiger partial charge < -0.3 is 10.3 Å². The van der Waals surface area contributed by atoms with Crippen LogP contribution >= 0.6 is 23.5 Å². The van der Waals surface area contributed by atoms with Crippen molar-refractivity contribution in [2.75, 3.05) is 16.8 Å². The molecule has 0 saturated carbocycles. The molecule has 4 rings (SSSR count). The second-order valence-electron chi connectivity index (χ2n) is 6.68. The first-order valence-electron chi connectivity index (χ1n) is 9.08. The van der Waals surface area contributed by atoms with Gasteiger partial charge in [0.15, 0.2) is 0 Å². The first-order chi connectivity index (χ1) is 13.1. The lowest BCUT2D eigenvalue weighted by Crippen LogP contribution is -2.19. The fourth-order valence-corrected chi connectivity index (χ4v) is 6.16. The maximum absolute atomic E-state index is 13.3. The molecule has 1 aliphatic heterocycles. The van der Waals surface area contributed by atoms with E-state index in [1.54, 1.807) is 23.5 Å². The third-order valence-electron chi connectivity index (χ3n) is 4.93. The van der Waals surface area contributed by atoms with Crippen LogP contribution in [0.5, 0.6) is 0 Å². The van der Waals surface area contributed by atoms with Crippen molar-refractivity contribution in [3.05, 3.63) is 75.7 Å². The van der Waals surface area contributed by atoms with Crippen LogP contribution < -0.4 is 5.32 Å². The van der Waals surface area contributed by atoms with Gasteiger partial charge in [-0.05, 0) is 30.2 Å². The number of H-pyrrole nitrogens is 1. The van der Waals surface area contributed by atoms with E-state index in [9.17, 15) is 4.79 Å². The predicted octanol–water partition coefficient (Wildman–Crippen LogP) is 5.91. The summed E-state index contributed by atoms with van der Waals surface area (Å²) in [5.74, 6) is 2.13. The van der Waals surface area contributed by atoms with Gasteiger partial charge in [-0.2, -0.15) is 0 Å². The summed E-state index contributed by atoms with van der Waals surface area (Å²) in [6, 6.07) is 16.2. The van der Waals surface area contributed by atoms with E-state index in [4.69, 9.17) is 0 Å². The van der Waals surface area contributed by atoms with Gasteiger partial charge in [-0.25, -0.2) is 0 Å². The molecule has 0 bridgehead atoms. The zero-order valence-corrected chi connectivity index (χ0v) is 17.0. The Bertz CT molecular complexity index is 1010. The number of hydrogen-bond donors (Lipinski definition) is 2. The average Bonchev–Trinajstić information content (AvgIpc) is 3.33. The fraction of sp³-hybridized carbons (Fsp3) is 0.227. The molecule has 2 aromatic carbocycles. The van der Waals surface area contributed by atoms with Gasteiger partial charge in [0.1, 0.15) is 0 Å². The van der Waals surface area contributed by atoms with E-state index < -0.39 is 0 Å². The van der Waals surface area contributed by atoms with Crippen LogP contribution in [0.4, 0.5) is 5.69 Å². The van der Waals surface area contributed by atoms with Gasteiger partial charge in [0.05, 0.1) is 0 Å². The van der Waals surface area contributed by atoms with Gasteiger partial charge in [0.2, 0.25) is 0 Å². The van der Waals surface area contributed by atoms with Gasteiger partial charge in [0, 0.05) is 50.0 Å². The monoisotopic (exact) mass is 394 g/mol. The highest BCUT2D eigenvalue weighted by molar-refractivity contribution is 8.25. The first kappa shape index (κ1) is 18.3. The van der Waals surface area contributed by atoms with Crippen molar-refractivity contribution in [2.45, 2.75) is 19.8 Å². The standard InChI is InChI=1S/C22H22N2OS2/c1-14-7-3-5-9-18(14)24-21(25)20(22-26-11-12-27-22)15(2)17-13-23-19-10-6-4-8-16(17)19/h3-10,13,15,23H,11-12H2,1-2H3,(H,24,25). The molecule has 1 atom stereocenters. The molecule has 3 aromatic rings. The van der Waals surface area contributed by atoms with Crippen molar-refractivity contribution >= 4 is 46.0 Å². The molecular weight excluding hydrogens is 372 g/mol. The molecule has 1 aromatic heterocycles. The Kier molecular flexibility index (Phi) is 5.32. The Morgan fingerprint density at radius 3 is 2.56 bits per heavy atom. The van der Waals surface area contributed by atoms with E-state index in [0.717, 1.165) is 38.1 Å². The molecule has 1 aliphatic rings. The third kappa shape index (κ3) is 3.66. The van der Waals surface area contributed by atoms with Gasteiger partial charge in [-0.15, -0.1) is 23.5 Å². The Morgan fingerprint density at radius 1 is 1.07 bits per heavy atom. The minimum Gasteiger partial charge on any atom is -0.361 e. The van der Waals surface area contributed by atoms with Crippen LogP contribution in [0.25, 0.3) is 10.9 Å². The van der Waals surface area contributed by atoms with E-state index in [2.05, 4.69) is 29.4 Å². The third-order valence-corrected chi connectivity index (χ3v) is 7.67. The Labute approximate surface area is 168 Å². The highest BCUT2D eigenvalue weighted by Gasteiger charge is 2.27. The number of benzene rings is 2. The van der Waals surface area contributed by atoms with Gasteiger partial charge in [-0.3, -0.25) is 4.79 Å². The second kappa shape index (κ2) is 7.87. The van der Waals surface area contributed by atoms with Crippen LogP contribution in [0, 0.1) is 6.92 Å². The minimum atomic E-state index is -0.000943. The molecule has 138 valence electrons. The number of aromatic amines is 1. The van der Waals surface area contributed by atoms with Gasteiger partial charge >= 0.3 is 0 Å². The highest BCUT2D eigenvalue weighted by atomic mass is 32.2. The lowest BCUT2D eigenvalue weighted by atomic mass is 9.92. The molecule has 5 heteroatoms. The quantitative estimate of drug-likeness (QED) is 0.541. The summed E-state index contributed by atoms with van der Waals surface area (Å²) in [6.07, 6.45) is 2.04. The molecule has 1 fully saturated rings. The van der Waals surface area contributed by atoms with Crippen LogP contribution in [0.1, 0.15) is 24.0 Å². The van der Waals surface area contributed by atoms with Crippen molar-refractivity contribution in [1.82, 2.24) is 4.98 Å². The molecule has 0 radical (unpaired) electrons. The molecule has 2 N–H and O–H groups in total. The number of nitrogens with one attached hydrogen (secondary N) is 2. The highest BCUT2D eigenvalue weighted by Crippen LogP contribution is 2.44. The number of hydrogen-bond acceptors (Lipinski definition) is 3. The number of rotatable bonds is 4. The Hall–Kier alpha value is -2.11. The number of carbonyl (C=O) groups excluding carboxylic acids is 1. The van der Waals surface area contributed by atoms with Crippen molar-refractivity contribution in [3.8, 4) is 0 Å². The van der Waals surface area contributed by atoms with Gasteiger partial charge in [-0.1, -0.05) is 43.3 Å². The number of anilines is 1. The average molecular weight is 395 g/mol. The predicted molar refractivity (Wildman–Crippen MR) is 118 cm³/mol. The topological polar surface area (TPSA) is 44.9 Å². The van der Waals surface area contributed by atoms with Crippen molar-refractivity contribution in [2.24, 2.45) is 0 Å². The summed E-state index contributed by atoms with van der Waals surface area (Å²) in [5.41, 5.74) is 5.09. The zero-order valence-electron chi connectivity index (χ0n) is 15.4. The number of para-hydroxylation sites is 2. The normalized spacial score (nSPS) is 15.1. The van der Waals surface area contributed by atoms with Crippen LogP contribution in [-0.2, 0) is 4.79 Å². The molecule has 0 aliphatic carbocycles. The minimum absolute atomic E-state index is 0.000943. The summed E-state index contributed by atoms with van der Waals surface area (Å²) < 4.78 is 1.15. The van der Waals surface area contributed by atoms with Crippen molar-refractivity contribution in [1.29, 1.82) is 0 Å². The van der Waals surface area contributed by atoms with Gasteiger partial charge in [0.25, 0.3) is 5.91 Å². The van der Waals surface area contributed by atoms with Crippen LogP contribution in [0.2, 0.25) is 0 Å². The largest absolute Gasteiger partial charge is 0.361 e. The smallest absolute Gasteiger partial charge is 0.253 e. The molecule has 0 spiro atoms. The van der Waals surface area contributed by atoms with E-state index >= 15 is 0 Å². The van der Waals surface area contributed by atoms with Crippen molar-refractivity contribution in [3.63, 3.8) is 0 Å². The summed E-state index contributed by atoms with van der Waals surface area (Å²) in [4.78, 5) is 16.7. The van der Waals surface area contributed by atoms with Crippen LogP contribution in [0.3, 0.4) is 0 Å². The number of carbonyl (C=O) groups is 1. The molecule has 1 unspecified atom stereocenters. The van der Waals surface area contributed by atoms with E-state index in [1.165, 1.54) is 10.9 Å². The molecular formula is C22H22N2OS2. The Morgan fingerprint density at radius 2 is 1.78 bits per heavy atom. The van der Waals surface area contributed by atoms with E-state index in [-0.39, 0.29) is 11.8 Å². The number of amides is 1. The number of fused-ring (bicyclic) bond motifs is 1. The number of aryl methyl sites for hydroxylation is 1. The van der Waals surface area contributed by atoms with Crippen LogP contribution in [0.15, 0.2) is 64.5 Å². The summed E-state index contributed by atoms with van der Waals surface area (Å²) in [7, 11) is 0. The molecule has 2 heterocycles. The Balaban J connectivity index is 1.73. The SMILES string of the molecule is Cc1ccccc1NC(=O)C(=C1SCCS1)C(C)c1c[nH]c2ccccc12. The van der Waals surface area contributed by atoms with E-state index in [0.29, 0.717) is 0 Å². The molecule has 27 heavy (non-hydrogen) atoms. The summed E-state index contributed by atoms with van der Waals surface area (Å²) in [5, 5.41) is 4.32. The zero-order chi connectivity index (χ0) is 18.8. The summed E-state index contributed by atoms with van der Waals surface area (Å²) >= 11 is 3.59. The molecule has 3 nitrogen and oxygen atoms in total. The number of aromatic nitrogens is 1. The molecule has 1 amide bonds. The molecule has 1 saturated heterocycles. The maximum atomic E-state index is 13.3. The summed E-state index contributed by atoms with van der Waals surface area (Å²) in [6.45, 7) is 4.15.